The molecule has 36 heavy (non-hydrogen) atoms. The summed E-state index contributed by atoms with van der Waals surface area (Å²) in [6, 6.07) is 23.9. The van der Waals surface area contributed by atoms with E-state index in [0.29, 0.717) is 12.3 Å². The normalized spacial score (nSPS) is 12.0. The number of anilines is 1. The van der Waals surface area contributed by atoms with Gasteiger partial charge in [0.15, 0.2) is 0 Å². The maximum atomic E-state index is 13.5. The fourth-order valence-electron chi connectivity index (χ4n) is 3.14. The van der Waals surface area contributed by atoms with Gasteiger partial charge in [0.25, 0.3) is 0 Å². The van der Waals surface area contributed by atoms with E-state index < -0.39 is 5.82 Å². The van der Waals surface area contributed by atoms with Crippen molar-refractivity contribution in [3.05, 3.63) is 95.8 Å². The number of methoxy groups -OCH3 is 1. The van der Waals surface area contributed by atoms with Crippen LogP contribution < -0.4 is 10.1 Å². The fourth-order valence-corrected chi connectivity index (χ4v) is 3.14. The molecule has 0 aliphatic carbocycles. The fraction of sp³-hybridized carbons (Fsp3) is 0.300. The number of benzene rings is 3. The first-order chi connectivity index (χ1) is 17.4. The smallest absolute Gasteiger partial charge is 0.321 e. The lowest BCUT2D eigenvalue weighted by molar-refractivity contribution is 0.224. The number of urea groups is 1. The van der Waals surface area contributed by atoms with Crippen molar-refractivity contribution in [2.75, 3.05) is 46.2 Å². The standard InChI is InChI=1S/C14H10.C11H15FN2O2.C5H11N/c1-3-7-13(8-4-1)11-12-14-9-5-2-6-10-14;1-4-14(2)11(15)13-10-6-5-8(16-3)7-9(10)12;1-6-4-2-3-5-6/h1-10H;5-7H,4H2,1-3H3,(H,13,15);2-5H2,1H3. The zero-order valence-corrected chi connectivity index (χ0v) is 21.6. The molecular weight excluding hydrogens is 453 g/mol. The molecule has 0 atom stereocenters. The molecule has 0 unspecified atom stereocenters. The third-order valence-electron chi connectivity index (χ3n) is 5.47. The Bertz CT molecular complexity index is 1060. The van der Waals surface area contributed by atoms with Crippen molar-refractivity contribution < 1.29 is 13.9 Å². The molecule has 0 saturated carbocycles. The molecule has 3 aromatic rings. The van der Waals surface area contributed by atoms with Gasteiger partial charge in [-0.05, 0) is 76.3 Å². The number of rotatable bonds is 3. The Morgan fingerprint density at radius 3 is 1.89 bits per heavy atom. The number of nitrogens with one attached hydrogen (secondary N) is 1. The van der Waals surface area contributed by atoms with Crippen LogP contribution in [0.5, 0.6) is 5.75 Å². The second-order valence-corrected chi connectivity index (χ2v) is 8.28. The van der Waals surface area contributed by atoms with Crippen LogP contribution in [0.2, 0.25) is 0 Å². The molecule has 0 aromatic heterocycles. The van der Waals surface area contributed by atoms with E-state index in [4.69, 9.17) is 4.74 Å². The van der Waals surface area contributed by atoms with Gasteiger partial charge in [0, 0.05) is 30.8 Å². The van der Waals surface area contributed by atoms with E-state index in [-0.39, 0.29) is 11.7 Å². The lowest BCUT2D eigenvalue weighted by Gasteiger charge is -2.16. The molecule has 0 bridgehead atoms. The second-order valence-electron chi connectivity index (χ2n) is 8.28. The minimum atomic E-state index is -0.516. The quantitative estimate of drug-likeness (QED) is 0.451. The van der Waals surface area contributed by atoms with Crippen molar-refractivity contribution in [3.8, 4) is 17.6 Å². The Morgan fingerprint density at radius 2 is 1.50 bits per heavy atom. The van der Waals surface area contributed by atoms with Crippen LogP contribution in [0.3, 0.4) is 0 Å². The van der Waals surface area contributed by atoms with Gasteiger partial charge in [0.1, 0.15) is 11.6 Å². The molecule has 4 rings (SSSR count). The summed E-state index contributed by atoms with van der Waals surface area (Å²) in [5.74, 6) is 6.12. The van der Waals surface area contributed by atoms with Gasteiger partial charge in [-0.3, -0.25) is 0 Å². The number of carbonyl (C=O) groups is 1. The number of ether oxygens (including phenoxy) is 1. The van der Waals surface area contributed by atoms with Crippen molar-refractivity contribution >= 4 is 11.7 Å². The summed E-state index contributed by atoms with van der Waals surface area (Å²) in [7, 11) is 5.27. The monoisotopic (exact) mass is 489 g/mol. The number of likely N-dealkylation sites (tertiary alicyclic amines) is 1. The number of carbonyl (C=O) groups excluding carboxylic acids is 1. The minimum absolute atomic E-state index is 0.145. The van der Waals surface area contributed by atoms with Gasteiger partial charge in [0.05, 0.1) is 12.8 Å². The van der Waals surface area contributed by atoms with E-state index in [2.05, 4.69) is 29.1 Å². The van der Waals surface area contributed by atoms with Crippen LogP contribution in [0.25, 0.3) is 0 Å². The van der Waals surface area contributed by atoms with Crippen LogP contribution in [0.15, 0.2) is 78.9 Å². The third kappa shape index (κ3) is 10.6. The molecule has 1 N–H and O–H groups in total. The van der Waals surface area contributed by atoms with E-state index in [0.717, 1.165) is 11.1 Å². The van der Waals surface area contributed by atoms with Crippen molar-refractivity contribution in [2.45, 2.75) is 19.8 Å². The Hall–Kier alpha value is -3.82. The van der Waals surface area contributed by atoms with Gasteiger partial charge in [-0.1, -0.05) is 48.2 Å². The number of hydrogen-bond acceptors (Lipinski definition) is 3. The van der Waals surface area contributed by atoms with E-state index in [1.54, 1.807) is 13.1 Å². The van der Waals surface area contributed by atoms with Gasteiger partial charge in [-0.25, -0.2) is 9.18 Å². The molecule has 6 heteroatoms. The highest BCUT2D eigenvalue weighted by Gasteiger charge is 2.10. The molecule has 1 fully saturated rings. The third-order valence-corrected chi connectivity index (χ3v) is 5.47. The molecule has 1 heterocycles. The maximum Gasteiger partial charge on any atom is 0.321 e. The molecule has 1 aliphatic heterocycles. The summed E-state index contributed by atoms with van der Waals surface area (Å²) >= 11 is 0. The van der Waals surface area contributed by atoms with Crippen molar-refractivity contribution in [1.82, 2.24) is 9.80 Å². The average Bonchev–Trinajstić information content (AvgIpc) is 3.40. The molecule has 1 saturated heterocycles. The summed E-state index contributed by atoms with van der Waals surface area (Å²) in [4.78, 5) is 15.3. The lowest BCUT2D eigenvalue weighted by atomic mass is 10.2. The van der Waals surface area contributed by atoms with E-state index >= 15 is 0 Å². The number of halogens is 1. The summed E-state index contributed by atoms with van der Waals surface area (Å²) in [6.45, 7) is 5.04. The molecule has 0 spiro atoms. The largest absolute Gasteiger partial charge is 0.497 e. The molecule has 3 aromatic carbocycles. The Kier molecular flexibility index (Phi) is 12.6. The van der Waals surface area contributed by atoms with Crippen LogP contribution in [0.4, 0.5) is 14.9 Å². The molecule has 0 radical (unpaired) electrons. The zero-order chi connectivity index (χ0) is 26.2. The number of nitrogens with zero attached hydrogens (tertiary/aromatic N) is 2. The highest BCUT2D eigenvalue weighted by Crippen LogP contribution is 2.20. The molecule has 2 amide bonds. The maximum absolute atomic E-state index is 13.5. The van der Waals surface area contributed by atoms with Gasteiger partial charge in [0.2, 0.25) is 0 Å². The van der Waals surface area contributed by atoms with E-state index in [1.165, 1.54) is 50.1 Å². The molecule has 5 nitrogen and oxygen atoms in total. The topological polar surface area (TPSA) is 44.8 Å². The summed E-state index contributed by atoms with van der Waals surface area (Å²) in [5, 5.41) is 2.47. The second kappa shape index (κ2) is 16.0. The summed E-state index contributed by atoms with van der Waals surface area (Å²) < 4.78 is 18.3. The van der Waals surface area contributed by atoms with Crippen LogP contribution in [0, 0.1) is 17.7 Å². The summed E-state index contributed by atoms with van der Waals surface area (Å²) in [6.07, 6.45) is 2.83. The Labute approximate surface area is 214 Å². The number of hydrogen-bond donors (Lipinski definition) is 1. The van der Waals surface area contributed by atoms with Crippen LogP contribution >= 0.6 is 0 Å². The highest BCUT2D eigenvalue weighted by molar-refractivity contribution is 5.89. The average molecular weight is 490 g/mol. The van der Waals surface area contributed by atoms with Crippen molar-refractivity contribution in [2.24, 2.45) is 0 Å². The molecule has 190 valence electrons. The van der Waals surface area contributed by atoms with Crippen molar-refractivity contribution in [3.63, 3.8) is 0 Å². The summed E-state index contributed by atoms with van der Waals surface area (Å²) in [5.41, 5.74) is 2.25. The molecular formula is C30H36FN3O2. The Balaban J connectivity index is 0.000000207. The van der Waals surface area contributed by atoms with Gasteiger partial charge < -0.3 is 19.9 Å². The first-order valence-corrected chi connectivity index (χ1v) is 12.1. The lowest BCUT2D eigenvalue weighted by Crippen LogP contribution is -2.31. The number of amides is 2. The zero-order valence-electron chi connectivity index (χ0n) is 21.6. The van der Waals surface area contributed by atoms with Gasteiger partial charge in [-0.15, -0.1) is 0 Å². The van der Waals surface area contributed by atoms with Crippen LogP contribution in [0.1, 0.15) is 30.9 Å². The predicted octanol–water partition coefficient (Wildman–Crippen LogP) is 6.12. The van der Waals surface area contributed by atoms with Crippen LogP contribution in [-0.2, 0) is 0 Å². The Morgan fingerprint density at radius 1 is 0.972 bits per heavy atom. The SMILES string of the molecule is C(#Cc1ccccc1)c1ccccc1.CCN(C)C(=O)Nc1ccc(OC)cc1F.CN1CCCC1. The van der Waals surface area contributed by atoms with Gasteiger partial charge in [-0.2, -0.15) is 0 Å². The van der Waals surface area contributed by atoms with Gasteiger partial charge >= 0.3 is 6.03 Å². The molecule has 1 aliphatic rings. The highest BCUT2D eigenvalue weighted by atomic mass is 19.1. The van der Waals surface area contributed by atoms with E-state index in [1.807, 2.05) is 67.6 Å². The minimum Gasteiger partial charge on any atom is -0.497 e. The predicted molar refractivity (Wildman–Crippen MR) is 146 cm³/mol. The first-order valence-electron chi connectivity index (χ1n) is 12.1. The van der Waals surface area contributed by atoms with Crippen LogP contribution in [-0.4, -0.2) is 56.7 Å². The first kappa shape index (κ1) is 28.4. The van der Waals surface area contributed by atoms with E-state index in [9.17, 15) is 9.18 Å². The van der Waals surface area contributed by atoms with Crippen molar-refractivity contribution in [1.29, 1.82) is 0 Å².